The van der Waals surface area contributed by atoms with Crippen LogP contribution in [-0.2, 0) is 19.2 Å². The van der Waals surface area contributed by atoms with Gasteiger partial charge in [0.05, 0.1) is 40.3 Å². The Labute approximate surface area is 217 Å². The van der Waals surface area contributed by atoms with Crippen molar-refractivity contribution in [1.29, 1.82) is 0 Å². The van der Waals surface area contributed by atoms with Gasteiger partial charge in [-0.15, -0.1) is 0 Å². The van der Waals surface area contributed by atoms with E-state index in [-0.39, 0.29) is 55.0 Å². The lowest BCUT2D eigenvalue weighted by Crippen LogP contribution is -2.64. The van der Waals surface area contributed by atoms with Crippen molar-refractivity contribution < 1.29 is 48.1 Å². The molecule has 0 aromatic heterocycles. The molecule has 2 atom stereocenters. The van der Waals surface area contributed by atoms with Crippen molar-refractivity contribution in [2.24, 2.45) is 0 Å². The third-order valence-corrected chi connectivity index (χ3v) is 6.02. The van der Waals surface area contributed by atoms with Crippen molar-refractivity contribution >= 4 is 36.0 Å². The van der Waals surface area contributed by atoms with E-state index in [0.29, 0.717) is 6.42 Å². The number of aldehydes is 1. The molecular weight excluding hydrogens is 506 g/mol. The number of methoxy groups -OCH3 is 3. The van der Waals surface area contributed by atoms with E-state index in [1.165, 1.54) is 33.5 Å². The molecule has 2 fully saturated rings. The predicted molar refractivity (Wildman–Crippen MR) is 127 cm³/mol. The maximum absolute atomic E-state index is 13.5. The van der Waals surface area contributed by atoms with Crippen molar-refractivity contribution in [3.05, 3.63) is 17.7 Å². The third-order valence-electron chi connectivity index (χ3n) is 6.02. The Hall–Kier alpha value is -4.56. The molecule has 1 aromatic rings. The summed E-state index contributed by atoms with van der Waals surface area (Å²) in [6, 6.07) is -0.609. The van der Waals surface area contributed by atoms with Crippen LogP contribution in [0.25, 0.3) is 0 Å². The standard InChI is InChI=1S/C23H29N5O10/c1-36-16-9-13(10-17(37-2)20(16)38-3)21(33)25-26-8-6-18(30)27-7-4-5-15(28(27)23(26)35)22(34)24-14(12-29)11-19(31)32/h9-10,12,14-15H,4-8,11H2,1-3H3,(H,24,34)(H,25,33)(H,31,32)/t14-,15-/m0/s1. The van der Waals surface area contributed by atoms with Gasteiger partial charge >= 0.3 is 12.0 Å². The van der Waals surface area contributed by atoms with E-state index in [1.54, 1.807) is 0 Å². The van der Waals surface area contributed by atoms with Gasteiger partial charge in [0.25, 0.3) is 5.91 Å². The van der Waals surface area contributed by atoms with Gasteiger partial charge in [0.2, 0.25) is 17.6 Å². The van der Waals surface area contributed by atoms with Gasteiger partial charge in [0.1, 0.15) is 12.3 Å². The number of aliphatic carboxylic acids is 1. The molecule has 2 aliphatic heterocycles. The molecule has 0 aliphatic carbocycles. The zero-order valence-electron chi connectivity index (χ0n) is 21.1. The van der Waals surface area contributed by atoms with Crippen molar-refractivity contribution in [1.82, 2.24) is 25.8 Å². The predicted octanol–water partition coefficient (Wildman–Crippen LogP) is -0.451. The van der Waals surface area contributed by atoms with E-state index in [9.17, 15) is 28.8 Å². The van der Waals surface area contributed by atoms with E-state index >= 15 is 0 Å². The Morgan fingerprint density at radius 1 is 1.11 bits per heavy atom. The number of carboxylic acids is 1. The normalized spacial score (nSPS) is 18.1. The van der Waals surface area contributed by atoms with Crippen LogP contribution in [0.1, 0.15) is 36.0 Å². The lowest BCUT2D eigenvalue weighted by atomic mass is 10.1. The van der Waals surface area contributed by atoms with E-state index in [1.807, 2.05) is 0 Å². The first-order valence-electron chi connectivity index (χ1n) is 11.6. The molecule has 0 radical (unpaired) electrons. The lowest BCUT2D eigenvalue weighted by molar-refractivity contribution is -0.155. The van der Waals surface area contributed by atoms with Crippen molar-refractivity contribution in [2.75, 3.05) is 34.4 Å². The van der Waals surface area contributed by atoms with Crippen LogP contribution < -0.4 is 25.0 Å². The number of benzene rings is 1. The molecule has 0 spiro atoms. The van der Waals surface area contributed by atoms with Crippen LogP contribution in [0.4, 0.5) is 4.79 Å². The Morgan fingerprint density at radius 2 is 1.76 bits per heavy atom. The number of ether oxygens (including phenoxy) is 3. The summed E-state index contributed by atoms with van der Waals surface area (Å²) in [5.41, 5.74) is 2.53. The molecule has 15 heteroatoms. The topological polar surface area (TPSA) is 184 Å². The number of hydrogen-bond acceptors (Lipinski definition) is 9. The number of nitrogens with one attached hydrogen (secondary N) is 2. The van der Waals surface area contributed by atoms with Crippen molar-refractivity contribution in [2.45, 2.75) is 37.8 Å². The summed E-state index contributed by atoms with van der Waals surface area (Å²) in [4.78, 5) is 74.6. The number of carbonyl (C=O) groups is 6. The van der Waals surface area contributed by atoms with Crippen LogP contribution in [0.2, 0.25) is 0 Å². The second-order valence-corrected chi connectivity index (χ2v) is 8.41. The van der Waals surface area contributed by atoms with Crippen molar-refractivity contribution in [3.8, 4) is 17.2 Å². The first-order valence-corrected chi connectivity index (χ1v) is 11.6. The molecule has 0 bridgehead atoms. The molecule has 0 unspecified atom stereocenters. The molecule has 3 N–H and O–H groups in total. The van der Waals surface area contributed by atoms with Gasteiger partial charge in [0, 0.05) is 18.5 Å². The Bertz CT molecular complexity index is 1100. The minimum Gasteiger partial charge on any atom is -0.493 e. The number of rotatable bonds is 10. The van der Waals surface area contributed by atoms with Gasteiger partial charge < -0.3 is 29.4 Å². The fourth-order valence-corrected chi connectivity index (χ4v) is 4.22. The van der Waals surface area contributed by atoms with Gasteiger partial charge in [0.15, 0.2) is 11.5 Å². The maximum atomic E-state index is 13.5. The van der Waals surface area contributed by atoms with Gasteiger partial charge in [-0.3, -0.25) is 24.6 Å². The molecule has 15 nitrogen and oxygen atoms in total. The SMILES string of the molecule is COc1cc(C(=O)NN2CCC(=O)N3CCC[C@@H](C(=O)N[C@H](C=O)CC(=O)O)N3C2=O)cc(OC)c1OC. The van der Waals surface area contributed by atoms with Gasteiger partial charge in [-0.05, 0) is 25.0 Å². The lowest BCUT2D eigenvalue weighted by Gasteiger charge is -2.42. The second kappa shape index (κ2) is 12.1. The number of nitrogens with zero attached hydrogens (tertiary/aromatic N) is 3. The summed E-state index contributed by atoms with van der Waals surface area (Å²) in [7, 11) is 4.16. The van der Waals surface area contributed by atoms with Crippen molar-refractivity contribution in [3.63, 3.8) is 0 Å². The highest BCUT2D eigenvalue weighted by atomic mass is 16.5. The van der Waals surface area contributed by atoms with Crippen LogP contribution in [0.5, 0.6) is 17.2 Å². The number of carbonyl (C=O) groups excluding carboxylic acids is 5. The summed E-state index contributed by atoms with van der Waals surface area (Å²) in [6.45, 7) is -0.0135. The van der Waals surface area contributed by atoms with Gasteiger partial charge in [-0.25, -0.2) is 19.8 Å². The highest BCUT2D eigenvalue weighted by Crippen LogP contribution is 2.38. The van der Waals surface area contributed by atoms with E-state index in [4.69, 9.17) is 19.3 Å². The van der Waals surface area contributed by atoms with E-state index in [0.717, 1.165) is 15.0 Å². The fraction of sp³-hybridized carbons (Fsp3) is 0.478. The molecule has 2 aliphatic rings. The Morgan fingerprint density at radius 3 is 2.32 bits per heavy atom. The minimum atomic E-state index is -1.32. The van der Waals surface area contributed by atoms with Crippen LogP contribution >= 0.6 is 0 Å². The first-order chi connectivity index (χ1) is 18.1. The Balaban J connectivity index is 1.86. The van der Waals surface area contributed by atoms with Crippen LogP contribution in [0.3, 0.4) is 0 Å². The zero-order valence-corrected chi connectivity index (χ0v) is 21.1. The average Bonchev–Trinajstić information content (AvgIpc) is 3.03. The monoisotopic (exact) mass is 535 g/mol. The summed E-state index contributed by atoms with van der Waals surface area (Å²) in [5.74, 6) is -2.59. The van der Waals surface area contributed by atoms with Crippen LogP contribution in [0, 0.1) is 0 Å². The third kappa shape index (κ3) is 5.87. The minimum absolute atomic E-state index is 0.0650. The summed E-state index contributed by atoms with van der Waals surface area (Å²) in [6.07, 6.45) is 0.0360. The summed E-state index contributed by atoms with van der Waals surface area (Å²) >= 11 is 0. The molecule has 38 heavy (non-hydrogen) atoms. The number of hydrogen-bond donors (Lipinski definition) is 3. The molecule has 5 amide bonds. The number of hydrazine groups is 2. The Kier molecular flexibility index (Phi) is 8.94. The molecule has 206 valence electrons. The van der Waals surface area contributed by atoms with Crippen LogP contribution in [0.15, 0.2) is 12.1 Å². The molecule has 3 rings (SSSR count). The first kappa shape index (κ1) is 28.0. The maximum Gasteiger partial charge on any atom is 0.358 e. The molecule has 1 aromatic carbocycles. The molecule has 2 saturated heterocycles. The van der Waals surface area contributed by atoms with Gasteiger partial charge in [-0.1, -0.05) is 0 Å². The highest BCUT2D eigenvalue weighted by Gasteiger charge is 2.44. The molecule has 2 heterocycles. The molecule has 0 saturated carbocycles. The van der Waals surface area contributed by atoms with Gasteiger partial charge in [-0.2, -0.15) is 0 Å². The fourth-order valence-electron chi connectivity index (χ4n) is 4.22. The summed E-state index contributed by atoms with van der Waals surface area (Å²) < 4.78 is 15.8. The highest BCUT2D eigenvalue weighted by molar-refractivity contribution is 5.98. The average molecular weight is 536 g/mol. The number of fused-ring (bicyclic) bond motifs is 1. The summed E-state index contributed by atoms with van der Waals surface area (Å²) in [5, 5.41) is 14.2. The van der Waals surface area contributed by atoms with Crippen LogP contribution in [-0.4, -0.2) is 103 Å². The molecular formula is C23H29N5O10. The largest absolute Gasteiger partial charge is 0.493 e. The van der Waals surface area contributed by atoms with E-state index in [2.05, 4.69) is 10.7 Å². The number of urea groups is 1. The number of amides is 5. The smallest absolute Gasteiger partial charge is 0.358 e. The zero-order chi connectivity index (χ0) is 28.0. The number of carboxylic acid groups (broad SMARTS) is 1. The van der Waals surface area contributed by atoms with E-state index < -0.39 is 48.2 Å². The quantitative estimate of drug-likeness (QED) is 0.332. The second-order valence-electron chi connectivity index (χ2n) is 8.41.